The zero-order valence-electron chi connectivity index (χ0n) is 13.5. The van der Waals surface area contributed by atoms with E-state index in [0.29, 0.717) is 6.04 Å². The fraction of sp³-hybridized carbons (Fsp3) is 0.647. The number of benzene rings is 1. The van der Waals surface area contributed by atoms with E-state index >= 15 is 0 Å². The molecule has 1 aliphatic rings. The molecular weight excluding hydrogens is 265 g/mol. The van der Waals surface area contributed by atoms with Gasteiger partial charge in [0.2, 0.25) is 0 Å². The van der Waals surface area contributed by atoms with Gasteiger partial charge in [0, 0.05) is 18.6 Å². The highest BCUT2D eigenvalue weighted by Crippen LogP contribution is 2.19. The molecule has 4 heteroatoms. The van der Waals surface area contributed by atoms with Gasteiger partial charge in [0.15, 0.2) is 0 Å². The molecule has 0 bridgehead atoms. The fourth-order valence-electron chi connectivity index (χ4n) is 3.18. The highest BCUT2D eigenvalue weighted by molar-refractivity contribution is 5.19. The first-order chi connectivity index (χ1) is 10.1. The van der Waals surface area contributed by atoms with Gasteiger partial charge in [-0.3, -0.25) is 0 Å². The van der Waals surface area contributed by atoms with Crippen molar-refractivity contribution in [3.8, 4) is 0 Å². The molecule has 118 valence electrons. The maximum absolute atomic E-state index is 13.0. The Morgan fingerprint density at radius 2 is 2.10 bits per heavy atom. The van der Waals surface area contributed by atoms with Crippen LogP contribution in [0.3, 0.4) is 0 Å². The Morgan fingerprint density at radius 3 is 2.67 bits per heavy atom. The lowest BCUT2D eigenvalue weighted by Crippen LogP contribution is -2.37. The number of halogens is 1. The van der Waals surface area contributed by atoms with Crippen molar-refractivity contribution in [1.29, 1.82) is 0 Å². The highest BCUT2D eigenvalue weighted by atomic mass is 19.1. The molecule has 2 rings (SSSR count). The molecule has 0 aromatic heterocycles. The highest BCUT2D eigenvalue weighted by Gasteiger charge is 2.22. The third-order valence-corrected chi connectivity index (χ3v) is 4.61. The van der Waals surface area contributed by atoms with Gasteiger partial charge < -0.3 is 15.1 Å². The first-order valence-corrected chi connectivity index (χ1v) is 7.91. The molecule has 1 N–H and O–H groups in total. The largest absolute Gasteiger partial charge is 0.313 e. The third-order valence-electron chi connectivity index (χ3n) is 4.61. The van der Waals surface area contributed by atoms with E-state index in [1.165, 1.54) is 31.5 Å². The van der Waals surface area contributed by atoms with E-state index in [2.05, 4.69) is 29.2 Å². The second-order valence-corrected chi connectivity index (χ2v) is 6.22. The quantitative estimate of drug-likeness (QED) is 0.833. The standard InChI is InChI=1S/C17H28FN3/c1-19-17(14-6-8-15(18)9-7-14)10-12-20(2)13-16-5-4-11-21(16)3/h6-9,16-17,19H,4-5,10-13H2,1-3H3. The van der Waals surface area contributed by atoms with Crippen LogP contribution >= 0.6 is 0 Å². The predicted octanol–water partition coefficient (Wildman–Crippen LogP) is 2.50. The zero-order chi connectivity index (χ0) is 15.2. The topological polar surface area (TPSA) is 18.5 Å². The van der Waals surface area contributed by atoms with Crippen LogP contribution in [-0.4, -0.2) is 56.6 Å². The predicted molar refractivity (Wildman–Crippen MR) is 86.0 cm³/mol. The monoisotopic (exact) mass is 293 g/mol. The zero-order valence-corrected chi connectivity index (χ0v) is 13.5. The molecule has 1 saturated heterocycles. The number of hydrogen-bond acceptors (Lipinski definition) is 3. The van der Waals surface area contributed by atoms with E-state index in [1.54, 1.807) is 0 Å². The minimum absolute atomic E-state index is 0.171. The number of likely N-dealkylation sites (tertiary alicyclic amines) is 1. The molecule has 3 nitrogen and oxygen atoms in total. The van der Waals surface area contributed by atoms with Gasteiger partial charge >= 0.3 is 0 Å². The summed E-state index contributed by atoms with van der Waals surface area (Å²) in [7, 11) is 6.39. The van der Waals surface area contributed by atoms with Crippen molar-refractivity contribution in [3.63, 3.8) is 0 Å². The van der Waals surface area contributed by atoms with Crippen molar-refractivity contribution in [2.75, 3.05) is 40.8 Å². The van der Waals surface area contributed by atoms with Gasteiger partial charge in [0.1, 0.15) is 5.82 Å². The van der Waals surface area contributed by atoms with E-state index < -0.39 is 0 Å². The molecule has 0 spiro atoms. The van der Waals surface area contributed by atoms with Gasteiger partial charge in [-0.2, -0.15) is 0 Å². The third kappa shape index (κ3) is 4.77. The Labute approximate surface area is 128 Å². The van der Waals surface area contributed by atoms with Crippen molar-refractivity contribution >= 4 is 0 Å². The van der Waals surface area contributed by atoms with Crippen molar-refractivity contribution in [3.05, 3.63) is 35.6 Å². The first kappa shape index (κ1) is 16.4. The Kier molecular flexibility index (Phi) is 6.15. The van der Waals surface area contributed by atoms with Crippen LogP contribution in [0.2, 0.25) is 0 Å². The molecule has 2 unspecified atom stereocenters. The van der Waals surface area contributed by atoms with E-state index in [4.69, 9.17) is 0 Å². The average Bonchev–Trinajstić information content (AvgIpc) is 2.87. The second kappa shape index (κ2) is 7.87. The molecule has 1 aromatic carbocycles. The molecule has 0 aliphatic carbocycles. The summed E-state index contributed by atoms with van der Waals surface area (Å²) in [5.74, 6) is -0.171. The Morgan fingerprint density at radius 1 is 1.38 bits per heavy atom. The van der Waals surface area contributed by atoms with Gasteiger partial charge in [0.05, 0.1) is 0 Å². The molecule has 1 fully saturated rings. The van der Waals surface area contributed by atoms with Crippen molar-refractivity contribution in [1.82, 2.24) is 15.1 Å². The first-order valence-electron chi connectivity index (χ1n) is 7.91. The maximum Gasteiger partial charge on any atom is 0.123 e. The van der Waals surface area contributed by atoms with Crippen LogP contribution in [0.1, 0.15) is 30.9 Å². The van der Waals surface area contributed by atoms with Gasteiger partial charge in [0.25, 0.3) is 0 Å². The number of hydrogen-bond donors (Lipinski definition) is 1. The minimum Gasteiger partial charge on any atom is -0.313 e. The fourth-order valence-corrected chi connectivity index (χ4v) is 3.18. The Bertz CT molecular complexity index is 421. The molecule has 21 heavy (non-hydrogen) atoms. The molecule has 0 amide bonds. The lowest BCUT2D eigenvalue weighted by Gasteiger charge is -2.27. The second-order valence-electron chi connectivity index (χ2n) is 6.22. The number of nitrogens with zero attached hydrogens (tertiary/aromatic N) is 2. The van der Waals surface area contributed by atoms with Gasteiger partial charge in [-0.25, -0.2) is 4.39 Å². The van der Waals surface area contributed by atoms with Crippen LogP contribution in [0.4, 0.5) is 4.39 Å². The van der Waals surface area contributed by atoms with Crippen LogP contribution in [0.5, 0.6) is 0 Å². The molecule has 1 aliphatic heterocycles. The molecule has 1 aromatic rings. The van der Waals surface area contributed by atoms with Crippen LogP contribution < -0.4 is 5.32 Å². The summed E-state index contributed by atoms with van der Waals surface area (Å²) in [6.45, 7) is 3.41. The van der Waals surface area contributed by atoms with Crippen LogP contribution in [-0.2, 0) is 0 Å². The van der Waals surface area contributed by atoms with Crippen LogP contribution in [0.25, 0.3) is 0 Å². The minimum atomic E-state index is -0.171. The van der Waals surface area contributed by atoms with Crippen LogP contribution in [0.15, 0.2) is 24.3 Å². The SMILES string of the molecule is CNC(CCN(C)CC1CCCN1C)c1ccc(F)cc1. The summed E-state index contributed by atoms with van der Waals surface area (Å²) in [4.78, 5) is 4.88. The van der Waals surface area contributed by atoms with Crippen molar-refractivity contribution in [2.24, 2.45) is 0 Å². The molecule has 2 atom stereocenters. The number of rotatable bonds is 7. The van der Waals surface area contributed by atoms with Crippen molar-refractivity contribution < 1.29 is 4.39 Å². The Hall–Kier alpha value is -0.970. The maximum atomic E-state index is 13.0. The van der Waals surface area contributed by atoms with E-state index in [-0.39, 0.29) is 11.9 Å². The summed E-state index contributed by atoms with van der Waals surface area (Å²) in [6.07, 6.45) is 3.67. The number of likely N-dealkylation sites (N-methyl/N-ethyl adjacent to an activating group) is 2. The van der Waals surface area contributed by atoms with Gasteiger partial charge in [-0.05, 0) is 71.2 Å². The lowest BCUT2D eigenvalue weighted by molar-refractivity contribution is 0.214. The summed E-state index contributed by atoms with van der Waals surface area (Å²) < 4.78 is 13.0. The van der Waals surface area contributed by atoms with E-state index in [0.717, 1.165) is 25.1 Å². The summed E-state index contributed by atoms with van der Waals surface area (Å²) >= 11 is 0. The van der Waals surface area contributed by atoms with Gasteiger partial charge in [-0.15, -0.1) is 0 Å². The van der Waals surface area contributed by atoms with Crippen molar-refractivity contribution in [2.45, 2.75) is 31.3 Å². The van der Waals surface area contributed by atoms with Gasteiger partial charge in [-0.1, -0.05) is 12.1 Å². The molecule has 1 heterocycles. The summed E-state index contributed by atoms with van der Waals surface area (Å²) in [5.41, 5.74) is 1.16. The van der Waals surface area contributed by atoms with E-state index in [9.17, 15) is 4.39 Å². The summed E-state index contributed by atoms with van der Waals surface area (Å²) in [6, 6.07) is 7.82. The normalized spacial score (nSPS) is 21.1. The molecular formula is C17H28FN3. The van der Waals surface area contributed by atoms with E-state index in [1.807, 2.05) is 19.2 Å². The average molecular weight is 293 g/mol. The summed E-state index contributed by atoms with van der Waals surface area (Å²) in [5, 5.41) is 3.34. The smallest absolute Gasteiger partial charge is 0.123 e. The molecule has 0 saturated carbocycles. The lowest BCUT2D eigenvalue weighted by atomic mass is 10.0. The number of nitrogens with one attached hydrogen (secondary N) is 1. The molecule has 0 radical (unpaired) electrons. The Balaban J connectivity index is 1.80. The van der Waals surface area contributed by atoms with Crippen LogP contribution in [0, 0.1) is 5.82 Å².